The summed E-state index contributed by atoms with van der Waals surface area (Å²) in [5, 5.41) is 3.54. The molecule has 0 amide bonds. The van der Waals surface area contributed by atoms with Crippen molar-refractivity contribution in [2.24, 2.45) is 0 Å². The molecule has 0 radical (unpaired) electrons. The van der Waals surface area contributed by atoms with Crippen LogP contribution in [-0.4, -0.2) is 22.9 Å². The van der Waals surface area contributed by atoms with E-state index in [1.807, 2.05) is 12.1 Å². The molecule has 4 nitrogen and oxygen atoms in total. The molecule has 3 heterocycles. The van der Waals surface area contributed by atoms with E-state index < -0.39 is 18.3 Å². The van der Waals surface area contributed by atoms with Crippen LogP contribution in [0, 0.1) is 0 Å². The number of nitrogens with zero attached hydrogens (tertiary/aromatic N) is 1. The van der Waals surface area contributed by atoms with Crippen molar-refractivity contribution in [1.82, 2.24) is 4.57 Å². The van der Waals surface area contributed by atoms with Gasteiger partial charge in [-0.15, -0.1) is 0 Å². The zero-order chi connectivity index (χ0) is 21.4. The first kappa shape index (κ1) is 18.7. The third kappa shape index (κ3) is 2.70. The lowest BCUT2D eigenvalue weighted by Gasteiger charge is -2.32. The topological polar surface area (TPSA) is 36.5 Å². The molecule has 2 aromatic heterocycles. The zero-order valence-corrected chi connectivity index (χ0v) is 18.2. The van der Waals surface area contributed by atoms with Crippen LogP contribution in [0.2, 0.25) is 0 Å². The monoisotopic (exact) mass is 409 g/mol. The Morgan fingerprint density at radius 1 is 0.710 bits per heavy atom. The van der Waals surface area contributed by atoms with Gasteiger partial charge in [-0.05, 0) is 64.1 Å². The number of furan rings is 1. The largest absolute Gasteiger partial charge is 0.532 e. The van der Waals surface area contributed by atoms with Gasteiger partial charge >= 0.3 is 7.12 Å². The van der Waals surface area contributed by atoms with Crippen molar-refractivity contribution >= 4 is 45.6 Å². The van der Waals surface area contributed by atoms with Crippen LogP contribution in [0.3, 0.4) is 0 Å². The van der Waals surface area contributed by atoms with E-state index >= 15 is 0 Å². The third-order valence-electron chi connectivity index (χ3n) is 6.84. The summed E-state index contributed by atoms with van der Waals surface area (Å²) >= 11 is 0. The van der Waals surface area contributed by atoms with Crippen LogP contribution < -0.4 is 5.66 Å². The van der Waals surface area contributed by atoms with Gasteiger partial charge in [0.15, 0.2) is 0 Å². The van der Waals surface area contributed by atoms with Crippen molar-refractivity contribution < 1.29 is 13.7 Å². The third-order valence-corrected chi connectivity index (χ3v) is 6.84. The quantitative estimate of drug-likeness (QED) is 0.344. The molecule has 31 heavy (non-hydrogen) atoms. The Labute approximate surface area is 181 Å². The Balaban J connectivity index is 1.49. The Hall–Kier alpha value is -3.02. The first-order valence-electron chi connectivity index (χ1n) is 10.7. The summed E-state index contributed by atoms with van der Waals surface area (Å²) in [6.45, 7) is 8.21. The minimum absolute atomic E-state index is 0.398. The second-order valence-electron chi connectivity index (χ2n) is 9.33. The summed E-state index contributed by atoms with van der Waals surface area (Å²) in [7, 11) is -0.505. The number of benzene rings is 3. The lowest BCUT2D eigenvalue weighted by Crippen LogP contribution is -2.41. The van der Waals surface area contributed by atoms with Crippen molar-refractivity contribution in [3.05, 3.63) is 72.8 Å². The standard InChI is InChI=1S/C26H24BNO3/c1-25(2)26(3,4)31-27(30-25)24-16-17-15-18(13-14-23(17)29-24)28-21-11-7-5-9-19(21)20-10-6-8-12-22(20)28/h5-16H,1-4H3. The molecule has 1 saturated heterocycles. The highest BCUT2D eigenvalue weighted by Crippen LogP contribution is 2.37. The fourth-order valence-corrected chi connectivity index (χ4v) is 4.47. The highest BCUT2D eigenvalue weighted by atomic mass is 16.7. The number of rotatable bonds is 2. The SMILES string of the molecule is CC1(C)OB(c2cc3cc(-n4c5ccccc5c5ccccc54)ccc3o2)OC1(C)C. The molecule has 3 aromatic carbocycles. The van der Waals surface area contributed by atoms with E-state index in [1.165, 1.54) is 21.8 Å². The predicted molar refractivity (Wildman–Crippen MR) is 126 cm³/mol. The maximum Gasteiger partial charge on any atom is 0.532 e. The van der Waals surface area contributed by atoms with Crippen LogP contribution in [0.25, 0.3) is 38.5 Å². The van der Waals surface area contributed by atoms with Crippen LogP contribution in [-0.2, 0) is 9.31 Å². The van der Waals surface area contributed by atoms with Crippen LogP contribution in [0.5, 0.6) is 0 Å². The smallest absolute Gasteiger partial charge is 0.465 e. The Morgan fingerprint density at radius 3 is 1.90 bits per heavy atom. The van der Waals surface area contributed by atoms with E-state index in [9.17, 15) is 0 Å². The highest BCUT2D eigenvalue weighted by Gasteiger charge is 2.53. The summed E-state index contributed by atoms with van der Waals surface area (Å²) in [5.74, 6) is 0. The van der Waals surface area contributed by atoms with Gasteiger partial charge in [0.25, 0.3) is 0 Å². The Morgan fingerprint density at radius 2 is 1.29 bits per heavy atom. The molecule has 154 valence electrons. The van der Waals surface area contributed by atoms with Crippen molar-refractivity contribution in [3.63, 3.8) is 0 Å². The van der Waals surface area contributed by atoms with Gasteiger partial charge in [-0.3, -0.25) is 0 Å². The van der Waals surface area contributed by atoms with Crippen molar-refractivity contribution in [2.45, 2.75) is 38.9 Å². The van der Waals surface area contributed by atoms with Gasteiger partial charge in [0, 0.05) is 21.8 Å². The predicted octanol–water partition coefficient (Wildman–Crippen LogP) is 5.83. The van der Waals surface area contributed by atoms with Crippen LogP contribution in [0.4, 0.5) is 0 Å². The molecule has 5 heteroatoms. The van der Waals surface area contributed by atoms with Gasteiger partial charge in [0.2, 0.25) is 0 Å². The Bertz CT molecular complexity index is 1390. The number of fused-ring (bicyclic) bond motifs is 4. The molecule has 0 saturated carbocycles. The van der Waals surface area contributed by atoms with Crippen molar-refractivity contribution in [1.29, 1.82) is 0 Å². The van der Waals surface area contributed by atoms with E-state index in [-0.39, 0.29) is 0 Å². The molecule has 0 N–H and O–H groups in total. The summed E-state index contributed by atoms with van der Waals surface area (Å²) in [5.41, 5.74) is 4.22. The lowest BCUT2D eigenvalue weighted by atomic mass is 9.86. The molecule has 0 atom stereocenters. The Kier molecular flexibility index (Phi) is 3.78. The second kappa shape index (κ2) is 6.25. The van der Waals surface area contributed by atoms with Gasteiger partial charge in [-0.2, -0.15) is 0 Å². The molecular weight excluding hydrogens is 385 g/mol. The van der Waals surface area contributed by atoms with Gasteiger partial charge in [-0.25, -0.2) is 0 Å². The molecule has 0 spiro atoms. The summed E-state index contributed by atoms with van der Waals surface area (Å²) in [6, 6.07) is 25.4. The average molecular weight is 409 g/mol. The first-order chi connectivity index (χ1) is 14.8. The number of aromatic nitrogens is 1. The minimum atomic E-state index is -0.505. The molecular formula is C26H24BNO3. The molecule has 5 aromatic rings. The van der Waals surface area contributed by atoms with Crippen molar-refractivity contribution in [3.8, 4) is 5.69 Å². The number of hydrogen-bond acceptors (Lipinski definition) is 3. The first-order valence-corrected chi connectivity index (χ1v) is 10.7. The van der Waals surface area contributed by atoms with E-state index in [0.29, 0.717) is 5.66 Å². The summed E-state index contributed by atoms with van der Waals surface area (Å²) in [4.78, 5) is 0. The molecule has 1 aliphatic heterocycles. The molecule has 0 unspecified atom stereocenters. The van der Waals surface area contributed by atoms with Gasteiger partial charge in [0.05, 0.1) is 22.2 Å². The minimum Gasteiger partial charge on any atom is -0.465 e. The van der Waals surface area contributed by atoms with Crippen LogP contribution >= 0.6 is 0 Å². The number of hydrogen-bond donors (Lipinski definition) is 0. The molecule has 1 fully saturated rings. The van der Waals surface area contributed by atoms with E-state index in [1.54, 1.807) is 0 Å². The summed E-state index contributed by atoms with van der Waals surface area (Å²) in [6.07, 6.45) is 0. The fourth-order valence-electron chi connectivity index (χ4n) is 4.47. The van der Waals surface area contributed by atoms with Crippen molar-refractivity contribution in [2.75, 3.05) is 0 Å². The van der Waals surface area contributed by atoms with E-state index in [0.717, 1.165) is 16.7 Å². The summed E-state index contributed by atoms with van der Waals surface area (Å²) < 4.78 is 20.8. The van der Waals surface area contributed by atoms with Crippen LogP contribution in [0.1, 0.15) is 27.7 Å². The van der Waals surface area contributed by atoms with E-state index in [4.69, 9.17) is 13.7 Å². The molecule has 1 aliphatic rings. The fraction of sp³-hybridized carbons (Fsp3) is 0.231. The second-order valence-corrected chi connectivity index (χ2v) is 9.33. The highest BCUT2D eigenvalue weighted by molar-refractivity contribution is 6.61. The molecule has 0 aliphatic carbocycles. The zero-order valence-electron chi connectivity index (χ0n) is 18.2. The van der Waals surface area contributed by atoms with Gasteiger partial charge in [0.1, 0.15) is 11.2 Å². The van der Waals surface area contributed by atoms with Gasteiger partial charge in [-0.1, -0.05) is 36.4 Å². The van der Waals surface area contributed by atoms with E-state index in [2.05, 4.69) is 92.9 Å². The maximum absolute atomic E-state index is 6.18. The lowest BCUT2D eigenvalue weighted by molar-refractivity contribution is 0.00578. The van der Waals surface area contributed by atoms with Crippen LogP contribution in [0.15, 0.2) is 77.2 Å². The normalized spacial score (nSPS) is 17.9. The van der Waals surface area contributed by atoms with Gasteiger partial charge < -0.3 is 18.3 Å². The average Bonchev–Trinajstić information content (AvgIpc) is 3.37. The molecule has 6 rings (SSSR count). The molecule has 0 bridgehead atoms. The maximum atomic E-state index is 6.18. The number of para-hydroxylation sites is 2.